The number of aromatic nitrogens is 3. The summed E-state index contributed by atoms with van der Waals surface area (Å²) in [5.41, 5.74) is 2.11. The van der Waals surface area contributed by atoms with Crippen molar-refractivity contribution in [1.29, 1.82) is 0 Å². The zero-order chi connectivity index (χ0) is 15.8. The number of carbonyl (C=O) groups excluding carboxylic acids is 1. The number of nitrogens with zero attached hydrogens (tertiary/aromatic N) is 5. The van der Waals surface area contributed by atoms with E-state index in [1.807, 2.05) is 9.42 Å². The number of likely N-dealkylation sites (tertiary alicyclic amines) is 1. The maximum absolute atomic E-state index is 11.6. The van der Waals surface area contributed by atoms with Crippen LogP contribution in [0.1, 0.15) is 44.3 Å². The summed E-state index contributed by atoms with van der Waals surface area (Å²) in [7, 11) is 0. The molecule has 4 heterocycles. The van der Waals surface area contributed by atoms with Crippen molar-refractivity contribution in [2.24, 2.45) is 0 Å². The lowest BCUT2D eigenvalue weighted by Crippen LogP contribution is -2.37. The van der Waals surface area contributed by atoms with Crippen LogP contribution in [-0.4, -0.2) is 51.6 Å². The highest BCUT2D eigenvalue weighted by molar-refractivity contribution is 5.73. The number of hydrogen-bond acceptors (Lipinski definition) is 4. The molecule has 23 heavy (non-hydrogen) atoms. The Balaban J connectivity index is 1.59. The standard InChI is InChI=1S/C17H23N5O/c1-13(23)21-10-4-5-14(11-21)17-18-16-7-6-15(12-22(16)19-17)20-8-2-3-9-20/h6-7,12,14H,2-5,8-11H2,1H3. The number of piperidine rings is 1. The molecule has 2 fully saturated rings. The first-order chi connectivity index (χ1) is 11.2. The van der Waals surface area contributed by atoms with Crippen LogP contribution in [-0.2, 0) is 4.79 Å². The number of rotatable bonds is 2. The molecule has 4 rings (SSSR count). The fraction of sp³-hybridized carbons (Fsp3) is 0.588. The van der Waals surface area contributed by atoms with Gasteiger partial charge in [0.2, 0.25) is 5.91 Å². The zero-order valence-electron chi connectivity index (χ0n) is 13.6. The summed E-state index contributed by atoms with van der Waals surface area (Å²) in [5, 5.41) is 4.70. The summed E-state index contributed by atoms with van der Waals surface area (Å²) in [6, 6.07) is 4.19. The highest BCUT2D eigenvalue weighted by Crippen LogP contribution is 2.26. The van der Waals surface area contributed by atoms with E-state index in [-0.39, 0.29) is 11.8 Å². The molecule has 0 aliphatic carbocycles. The highest BCUT2D eigenvalue weighted by Gasteiger charge is 2.26. The van der Waals surface area contributed by atoms with E-state index in [2.05, 4.69) is 23.2 Å². The minimum atomic E-state index is 0.148. The Bertz CT molecular complexity index is 719. The minimum Gasteiger partial charge on any atom is -0.370 e. The van der Waals surface area contributed by atoms with Gasteiger partial charge in [0, 0.05) is 39.0 Å². The normalized spacial score (nSPS) is 22.0. The Labute approximate surface area is 136 Å². The van der Waals surface area contributed by atoms with Gasteiger partial charge in [-0.25, -0.2) is 9.50 Å². The molecule has 122 valence electrons. The van der Waals surface area contributed by atoms with E-state index >= 15 is 0 Å². The van der Waals surface area contributed by atoms with Gasteiger partial charge in [0.05, 0.1) is 11.9 Å². The van der Waals surface area contributed by atoms with Crippen molar-refractivity contribution in [2.75, 3.05) is 31.1 Å². The maximum Gasteiger partial charge on any atom is 0.219 e. The molecule has 0 radical (unpaired) electrons. The van der Waals surface area contributed by atoms with Crippen LogP contribution in [0.25, 0.3) is 5.65 Å². The Kier molecular flexibility index (Phi) is 3.67. The van der Waals surface area contributed by atoms with Crippen LogP contribution in [0.5, 0.6) is 0 Å². The molecule has 1 atom stereocenters. The van der Waals surface area contributed by atoms with Crippen LogP contribution in [0, 0.1) is 0 Å². The number of carbonyl (C=O) groups is 1. The Morgan fingerprint density at radius 1 is 1.17 bits per heavy atom. The zero-order valence-corrected chi connectivity index (χ0v) is 13.6. The van der Waals surface area contributed by atoms with Crippen LogP contribution in [0.2, 0.25) is 0 Å². The van der Waals surface area contributed by atoms with E-state index in [0.29, 0.717) is 0 Å². The first-order valence-corrected chi connectivity index (χ1v) is 8.57. The van der Waals surface area contributed by atoms with Gasteiger partial charge in [-0.3, -0.25) is 4.79 Å². The number of hydrogen-bond donors (Lipinski definition) is 0. The van der Waals surface area contributed by atoms with Crippen LogP contribution in [0.4, 0.5) is 5.69 Å². The molecule has 0 bridgehead atoms. The third-order valence-corrected chi connectivity index (χ3v) is 5.03. The van der Waals surface area contributed by atoms with Gasteiger partial charge >= 0.3 is 0 Å². The molecule has 2 aromatic heterocycles. The highest BCUT2D eigenvalue weighted by atomic mass is 16.2. The molecule has 6 nitrogen and oxygen atoms in total. The third-order valence-electron chi connectivity index (χ3n) is 5.03. The maximum atomic E-state index is 11.6. The molecule has 6 heteroatoms. The van der Waals surface area contributed by atoms with Gasteiger partial charge < -0.3 is 9.80 Å². The lowest BCUT2D eigenvalue weighted by Gasteiger charge is -2.30. The second-order valence-corrected chi connectivity index (χ2v) is 6.66. The molecule has 0 saturated carbocycles. The summed E-state index contributed by atoms with van der Waals surface area (Å²) in [4.78, 5) is 20.6. The second-order valence-electron chi connectivity index (χ2n) is 6.66. The fourth-order valence-electron chi connectivity index (χ4n) is 3.70. The lowest BCUT2D eigenvalue weighted by atomic mass is 9.97. The average molecular weight is 313 g/mol. The van der Waals surface area contributed by atoms with E-state index in [0.717, 1.165) is 50.5 Å². The Morgan fingerprint density at radius 2 is 2.00 bits per heavy atom. The van der Waals surface area contributed by atoms with Gasteiger partial charge in [-0.15, -0.1) is 0 Å². The molecular weight excluding hydrogens is 290 g/mol. The van der Waals surface area contributed by atoms with Crippen LogP contribution < -0.4 is 4.90 Å². The molecule has 2 saturated heterocycles. The number of anilines is 1. The number of fused-ring (bicyclic) bond motifs is 1. The van der Waals surface area contributed by atoms with E-state index in [1.54, 1.807) is 6.92 Å². The van der Waals surface area contributed by atoms with Crippen molar-refractivity contribution >= 4 is 17.2 Å². The van der Waals surface area contributed by atoms with Crippen molar-refractivity contribution in [3.8, 4) is 0 Å². The van der Waals surface area contributed by atoms with Crippen molar-refractivity contribution < 1.29 is 4.79 Å². The predicted molar refractivity (Wildman–Crippen MR) is 88.7 cm³/mol. The third kappa shape index (κ3) is 2.78. The van der Waals surface area contributed by atoms with E-state index in [9.17, 15) is 4.79 Å². The predicted octanol–water partition coefficient (Wildman–Crippen LogP) is 2.06. The summed E-state index contributed by atoms with van der Waals surface area (Å²) < 4.78 is 1.90. The monoisotopic (exact) mass is 313 g/mol. The van der Waals surface area contributed by atoms with Gasteiger partial charge in [-0.1, -0.05) is 0 Å². The number of amides is 1. The molecule has 1 unspecified atom stereocenters. The molecule has 2 aliphatic heterocycles. The largest absolute Gasteiger partial charge is 0.370 e. The van der Waals surface area contributed by atoms with Crippen molar-refractivity contribution in [3.05, 3.63) is 24.2 Å². The van der Waals surface area contributed by atoms with Crippen molar-refractivity contribution in [3.63, 3.8) is 0 Å². The van der Waals surface area contributed by atoms with Crippen LogP contribution in [0.15, 0.2) is 18.3 Å². The average Bonchev–Trinajstić information content (AvgIpc) is 3.23. The molecule has 1 amide bonds. The van der Waals surface area contributed by atoms with E-state index in [4.69, 9.17) is 10.1 Å². The van der Waals surface area contributed by atoms with Gasteiger partial charge in [-0.05, 0) is 37.8 Å². The second kappa shape index (κ2) is 5.83. The molecule has 2 aromatic rings. The Morgan fingerprint density at radius 3 is 2.78 bits per heavy atom. The molecule has 0 aromatic carbocycles. The van der Waals surface area contributed by atoms with Crippen molar-refractivity contribution in [1.82, 2.24) is 19.5 Å². The fourth-order valence-corrected chi connectivity index (χ4v) is 3.70. The SMILES string of the molecule is CC(=O)N1CCCC(c2nc3ccc(N4CCCC4)cn3n2)C1. The first kappa shape index (κ1) is 14.5. The van der Waals surface area contributed by atoms with E-state index in [1.165, 1.54) is 18.5 Å². The minimum absolute atomic E-state index is 0.148. The van der Waals surface area contributed by atoms with E-state index < -0.39 is 0 Å². The van der Waals surface area contributed by atoms with Gasteiger partial charge in [0.1, 0.15) is 0 Å². The molecule has 0 N–H and O–H groups in total. The van der Waals surface area contributed by atoms with Crippen LogP contribution >= 0.6 is 0 Å². The van der Waals surface area contributed by atoms with Gasteiger partial charge in [-0.2, -0.15) is 5.10 Å². The summed E-state index contributed by atoms with van der Waals surface area (Å²) in [5.74, 6) is 1.27. The van der Waals surface area contributed by atoms with Crippen molar-refractivity contribution in [2.45, 2.75) is 38.5 Å². The summed E-state index contributed by atoms with van der Waals surface area (Å²) >= 11 is 0. The topological polar surface area (TPSA) is 53.7 Å². The van der Waals surface area contributed by atoms with Crippen LogP contribution in [0.3, 0.4) is 0 Å². The quantitative estimate of drug-likeness (QED) is 0.851. The number of pyridine rings is 1. The molecule has 0 spiro atoms. The van der Waals surface area contributed by atoms with Gasteiger partial charge in [0.15, 0.2) is 11.5 Å². The molecule has 2 aliphatic rings. The smallest absolute Gasteiger partial charge is 0.219 e. The summed E-state index contributed by atoms with van der Waals surface area (Å²) in [6.07, 6.45) is 6.70. The Hall–Kier alpha value is -2.11. The molecular formula is C17H23N5O. The summed E-state index contributed by atoms with van der Waals surface area (Å²) in [6.45, 7) is 5.50. The van der Waals surface area contributed by atoms with Gasteiger partial charge in [0.25, 0.3) is 0 Å². The lowest BCUT2D eigenvalue weighted by molar-refractivity contribution is -0.130. The first-order valence-electron chi connectivity index (χ1n) is 8.57.